The Hall–Kier alpha value is -1.82. The van der Waals surface area contributed by atoms with Gasteiger partial charge in [0.15, 0.2) is 0 Å². The van der Waals surface area contributed by atoms with Crippen LogP contribution in [0.3, 0.4) is 0 Å². The van der Waals surface area contributed by atoms with Crippen molar-refractivity contribution in [2.45, 2.75) is 25.4 Å². The van der Waals surface area contributed by atoms with Crippen molar-refractivity contribution < 1.29 is 13.6 Å². The highest BCUT2D eigenvalue weighted by molar-refractivity contribution is 7.07. The third-order valence-corrected chi connectivity index (χ3v) is 3.88. The smallest absolute Gasteiger partial charge is 0.273 e. The van der Waals surface area contributed by atoms with Crippen molar-refractivity contribution >= 4 is 17.2 Å². The molecule has 0 spiro atoms. The first kappa shape index (κ1) is 13.2. The van der Waals surface area contributed by atoms with Crippen LogP contribution in [0.1, 0.15) is 28.9 Å². The van der Waals surface area contributed by atoms with Gasteiger partial charge in [-0.1, -0.05) is 6.07 Å². The topological polar surface area (TPSA) is 33.2 Å². The first-order chi connectivity index (χ1) is 9.66. The number of hydrogen-bond donors (Lipinski definition) is 0. The maximum Gasteiger partial charge on any atom is 0.273 e. The first-order valence-electron chi connectivity index (χ1n) is 6.29. The number of rotatable bonds is 4. The Kier molecular flexibility index (Phi) is 3.48. The van der Waals surface area contributed by atoms with Crippen molar-refractivity contribution in [3.05, 3.63) is 52.0 Å². The molecule has 0 radical (unpaired) electrons. The first-order valence-corrected chi connectivity index (χ1v) is 7.23. The average Bonchev–Trinajstić information content (AvgIpc) is 3.11. The van der Waals surface area contributed by atoms with Crippen LogP contribution >= 0.6 is 11.3 Å². The van der Waals surface area contributed by atoms with E-state index < -0.39 is 11.6 Å². The Morgan fingerprint density at radius 3 is 2.60 bits per heavy atom. The molecule has 0 atom stereocenters. The molecule has 3 nitrogen and oxygen atoms in total. The summed E-state index contributed by atoms with van der Waals surface area (Å²) >= 11 is 1.32. The third-order valence-electron chi connectivity index (χ3n) is 3.29. The van der Waals surface area contributed by atoms with Crippen molar-refractivity contribution in [1.29, 1.82) is 0 Å². The number of thiazole rings is 1. The van der Waals surface area contributed by atoms with E-state index >= 15 is 0 Å². The Morgan fingerprint density at radius 2 is 2.05 bits per heavy atom. The van der Waals surface area contributed by atoms with Gasteiger partial charge in [0.2, 0.25) is 0 Å². The molecule has 2 aromatic rings. The Bertz CT molecular complexity index is 606. The van der Waals surface area contributed by atoms with Gasteiger partial charge in [0, 0.05) is 17.0 Å². The molecular weight excluding hydrogens is 282 g/mol. The number of carbonyl (C=O) groups is 1. The van der Waals surface area contributed by atoms with Gasteiger partial charge in [-0.05, 0) is 25.0 Å². The van der Waals surface area contributed by atoms with Crippen molar-refractivity contribution in [3.8, 4) is 0 Å². The second-order valence-electron chi connectivity index (χ2n) is 4.74. The lowest BCUT2D eigenvalue weighted by molar-refractivity contribution is 0.0721. The molecule has 1 heterocycles. The molecule has 1 aliphatic rings. The standard InChI is InChI=1S/C14H12F2N2OS/c15-11-2-1-3-12(16)10(11)6-18(9-4-5-9)14(19)13-7-20-8-17-13/h1-3,7-9H,4-6H2. The number of amides is 1. The van der Waals surface area contributed by atoms with Crippen LogP contribution in [0.15, 0.2) is 29.1 Å². The van der Waals surface area contributed by atoms with Gasteiger partial charge < -0.3 is 4.90 Å². The monoisotopic (exact) mass is 294 g/mol. The second kappa shape index (κ2) is 5.28. The SMILES string of the molecule is O=C(c1cscn1)N(Cc1c(F)cccc1F)C1CC1. The maximum atomic E-state index is 13.7. The van der Waals surface area contributed by atoms with Gasteiger partial charge in [-0.15, -0.1) is 11.3 Å². The molecular formula is C14H12F2N2OS. The van der Waals surface area contributed by atoms with Crippen LogP contribution < -0.4 is 0 Å². The van der Waals surface area contributed by atoms with E-state index in [9.17, 15) is 13.6 Å². The number of nitrogens with zero attached hydrogens (tertiary/aromatic N) is 2. The van der Waals surface area contributed by atoms with Crippen molar-refractivity contribution in [2.75, 3.05) is 0 Å². The summed E-state index contributed by atoms with van der Waals surface area (Å²) in [6.45, 7) is -0.0560. The lowest BCUT2D eigenvalue weighted by Gasteiger charge is -2.22. The van der Waals surface area contributed by atoms with E-state index in [1.54, 1.807) is 10.9 Å². The highest BCUT2D eigenvalue weighted by Gasteiger charge is 2.34. The fraction of sp³-hybridized carbons (Fsp3) is 0.286. The number of benzene rings is 1. The molecule has 1 aliphatic carbocycles. The van der Waals surface area contributed by atoms with Crippen molar-refractivity contribution in [3.63, 3.8) is 0 Å². The predicted molar refractivity (Wildman–Crippen MR) is 71.4 cm³/mol. The molecule has 1 saturated carbocycles. The maximum absolute atomic E-state index is 13.7. The molecule has 0 aliphatic heterocycles. The molecule has 3 rings (SSSR count). The molecule has 20 heavy (non-hydrogen) atoms. The number of hydrogen-bond acceptors (Lipinski definition) is 3. The van der Waals surface area contributed by atoms with Crippen LogP contribution in [0, 0.1) is 11.6 Å². The highest BCUT2D eigenvalue weighted by Crippen LogP contribution is 2.30. The molecule has 1 fully saturated rings. The van der Waals surface area contributed by atoms with Crippen LogP contribution in [0.25, 0.3) is 0 Å². The fourth-order valence-electron chi connectivity index (χ4n) is 2.07. The summed E-state index contributed by atoms with van der Waals surface area (Å²) in [5.41, 5.74) is 1.84. The number of halogens is 2. The van der Waals surface area contributed by atoms with Gasteiger partial charge in [-0.3, -0.25) is 4.79 Å². The fourth-order valence-corrected chi connectivity index (χ4v) is 2.60. The van der Waals surface area contributed by atoms with E-state index in [0.29, 0.717) is 5.69 Å². The van der Waals surface area contributed by atoms with E-state index in [2.05, 4.69) is 4.98 Å². The van der Waals surface area contributed by atoms with Crippen LogP contribution in [0.2, 0.25) is 0 Å². The van der Waals surface area contributed by atoms with Crippen LogP contribution in [-0.2, 0) is 6.54 Å². The largest absolute Gasteiger partial charge is 0.330 e. The zero-order chi connectivity index (χ0) is 14.1. The normalized spacial score (nSPS) is 14.3. The lowest BCUT2D eigenvalue weighted by atomic mass is 10.1. The van der Waals surface area contributed by atoms with Gasteiger partial charge in [0.25, 0.3) is 5.91 Å². The van der Waals surface area contributed by atoms with E-state index in [1.165, 1.54) is 34.4 Å². The molecule has 104 valence electrons. The second-order valence-corrected chi connectivity index (χ2v) is 5.46. The lowest BCUT2D eigenvalue weighted by Crippen LogP contribution is -2.33. The summed E-state index contributed by atoms with van der Waals surface area (Å²) in [6.07, 6.45) is 1.73. The minimum absolute atomic E-state index is 0.0560. The Balaban J connectivity index is 1.87. The Morgan fingerprint density at radius 1 is 1.35 bits per heavy atom. The van der Waals surface area contributed by atoms with Gasteiger partial charge >= 0.3 is 0 Å². The van der Waals surface area contributed by atoms with E-state index in [0.717, 1.165) is 12.8 Å². The van der Waals surface area contributed by atoms with E-state index in [4.69, 9.17) is 0 Å². The summed E-state index contributed by atoms with van der Waals surface area (Å²) in [5, 5.41) is 1.65. The number of carbonyl (C=O) groups excluding carboxylic acids is 1. The van der Waals surface area contributed by atoms with E-state index in [1.807, 2.05) is 0 Å². The minimum atomic E-state index is -0.623. The molecule has 1 aromatic carbocycles. The highest BCUT2D eigenvalue weighted by atomic mass is 32.1. The van der Waals surface area contributed by atoms with Crippen LogP contribution in [-0.4, -0.2) is 21.8 Å². The summed E-state index contributed by atoms with van der Waals surface area (Å²) in [4.78, 5) is 17.8. The van der Waals surface area contributed by atoms with Gasteiger partial charge in [-0.2, -0.15) is 0 Å². The average molecular weight is 294 g/mol. The molecule has 0 unspecified atom stereocenters. The van der Waals surface area contributed by atoms with Crippen LogP contribution in [0.5, 0.6) is 0 Å². The Labute approximate surface area is 118 Å². The van der Waals surface area contributed by atoms with Crippen molar-refractivity contribution in [2.24, 2.45) is 0 Å². The van der Waals surface area contributed by atoms with Crippen molar-refractivity contribution in [1.82, 2.24) is 9.88 Å². The minimum Gasteiger partial charge on any atom is -0.330 e. The molecule has 1 amide bonds. The number of aromatic nitrogens is 1. The zero-order valence-electron chi connectivity index (χ0n) is 10.6. The molecule has 1 aromatic heterocycles. The summed E-state index contributed by atoms with van der Waals surface area (Å²) in [7, 11) is 0. The van der Waals surface area contributed by atoms with Gasteiger partial charge in [-0.25, -0.2) is 13.8 Å². The molecule has 0 saturated heterocycles. The summed E-state index contributed by atoms with van der Waals surface area (Å²) in [6, 6.07) is 3.79. The molecule has 0 N–H and O–H groups in total. The molecule has 6 heteroatoms. The van der Waals surface area contributed by atoms with Crippen LogP contribution in [0.4, 0.5) is 8.78 Å². The quantitative estimate of drug-likeness (QED) is 0.867. The van der Waals surface area contributed by atoms with Gasteiger partial charge in [0.05, 0.1) is 12.1 Å². The van der Waals surface area contributed by atoms with Gasteiger partial charge in [0.1, 0.15) is 17.3 Å². The predicted octanol–water partition coefficient (Wildman–Crippen LogP) is 3.23. The third kappa shape index (κ3) is 2.56. The van der Waals surface area contributed by atoms with E-state index in [-0.39, 0.29) is 24.1 Å². The summed E-state index contributed by atoms with van der Waals surface area (Å²) < 4.78 is 27.4. The summed E-state index contributed by atoms with van der Waals surface area (Å²) in [5.74, 6) is -1.51. The molecule has 0 bridgehead atoms. The zero-order valence-corrected chi connectivity index (χ0v) is 11.4.